The number of carbonyl (C=O) groups excluding carboxylic acids is 2. The maximum absolute atomic E-state index is 13.8. The van der Waals surface area contributed by atoms with Crippen LogP contribution in [0.4, 0.5) is 5.82 Å². The number of hydrogen-bond acceptors (Lipinski definition) is 4. The fourth-order valence-corrected chi connectivity index (χ4v) is 6.47. The van der Waals surface area contributed by atoms with Crippen molar-refractivity contribution >= 4 is 29.4 Å². The smallest absolute Gasteiger partial charge is 0.240 e. The minimum absolute atomic E-state index is 0.0335. The number of anilines is 1. The second kappa shape index (κ2) is 10.4. The Hall–Kier alpha value is -3.84. The summed E-state index contributed by atoms with van der Waals surface area (Å²) >= 11 is 1.60. The molecule has 0 radical (unpaired) electrons. The molecule has 2 amide bonds. The molecule has 1 fully saturated rings. The molecule has 0 bridgehead atoms. The Morgan fingerprint density at radius 1 is 0.974 bits per heavy atom. The van der Waals surface area contributed by atoms with Gasteiger partial charge in [-0.25, -0.2) is 4.68 Å². The molecule has 1 atom stereocenters. The van der Waals surface area contributed by atoms with Gasteiger partial charge in [0.1, 0.15) is 12.4 Å². The second-order valence-electron chi connectivity index (χ2n) is 10.6. The van der Waals surface area contributed by atoms with Gasteiger partial charge < -0.3 is 5.32 Å². The van der Waals surface area contributed by atoms with E-state index >= 15 is 0 Å². The van der Waals surface area contributed by atoms with E-state index in [1.807, 2.05) is 22.9 Å². The van der Waals surface area contributed by atoms with Gasteiger partial charge in [-0.3, -0.25) is 14.5 Å². The van der Waals surface area contributed by atoms with E-state index in [0.717, 1.165) is 57.6 Å². The number of rotatable bonds is 6. The fraction of sp³-hybridized carbons (Fsp3) is 0.281. The highest BCUT2D eigenvalue weighted by atomic mass is 32.2. The number of aryl methyl sites for hydroxylation is 3. The molecular formula is C32H32N4O2S. The predicted octanol–water partition coefficient (Wildman–Crippen LogP) is 5.91. The van der Waals surface area contributed by atoms with Gasteiger partial charge in [-0.15, -0.1) is 11.8 Å². The topological polar surface area (TPSA) is 67.2 Å². The average Bonchev–Trinajstić information content (AvgIpc) is 3.67. The number of thioether (sulfide) groups is 1. The highest BCUT2D eigenvalue weighted by Gasteiger charge is 2.38. The monoisotopic (exact) mass is 536 g/mol. The fourth-order valence-electron chi connectivity index (χ4n) is 5.28. The molecular weight excluding hydrogens is 504 g/mol. The van der Waals surface area contributed by atoms with Crippen molar-refractivity contribution < 1.29 is 9.59 Å². The summed E-state index contributed by atoms with van der Waals surface area (Å²) in [5.41, 5.74) is 8.15. The van der Waals surface area contributed by atoms with Crippen LogP contribution in [0.1, 0.15) is 45.9 Å². The van der Waals surface area contributed by atoms with E-state index in [1.54, 1.807) is 16.7 Å². The summed E-state index contributed by atoms with van der Waals surface area (Å²) in [6.45, 7) is 6.18. The number of amides is 2. The molecule has 6 rings (SSSR count). The maximum Gasteiger partial charge on any atom is 0.240 e. The molecule has 7 heteroatoms. The van der Waals surface area contributed by atoms with Crippen molar-refractivity contribution in [1.29, 1.82) is 0 Å². The van der Waals surface area contributed by atoms with Gasteiger partial charge in [0, 0.05) is 17.2 Å². The summed E-state index contributed by atoms with van der Waals surface area (Å²) in [4.78, 5) is 28.6. The molecule has 0 unspecified atom stereocenters. The third-order valence-electron chi connectivity index (χ3n) is 7.31. The highest BCUT2D eigenvalue weighted by molar-refractivity contribution is 8.00. The molecule has 4 aromatic rings. The van der Waals surface area contributed by atoms with E-state index in [1.165, 1.54) is 0 Å². The molecule has 198 valence electrons. The van der Waals surface area contributed by atoms with E-state index < -0.39 is 0 Å². The van der Waals surface area contributed by atoms with Gasteiger partial charge in [0.25, 0.3) is 0 Å². The van der Waals surface area contributed by atoms with Crippen molar-refractivity contribution in [1.82, 2.24) is 15.1 Å². The molecule has 1 saturated carbocycles. The summed E-state index contributed by atoms with van der Waals surface area (Å²) < 4.78 is 1.89. The molecule has 2 aliphatic rings. The van der Waals surface area contributed by atoms with Gasteiger partial charge >= 0.3 is 0 Å². The Labute approximate surface area is 233 Å². The Morgan fingerprint density at radius 2 is 1.74 bits per heavy atom. The van der Waals surface area contributed by atoms with Crippen molar-refractivity contribution in [3.8, 4) is 16.9 Å². The predicted molar refractivity (Wildman–Crippen MR) is 157 cm³/mol. The summed E-state index contributed by atoms with van der Waals surface area (Å²) in [6.07, 6.45) is 1.99. The SMILES string of the molecule is Cc1cccc([C@@H]2SCC(=O)N(CC(=O)NC3CC3)c3c2c(-c2ccccc2)nn3-c2ccc(C)cc2C)c1. The zero-order valence-corrected chi connectivity index (χ0v) is 23.3. The van der Waals surface area contributed by atoms with Crippen LogP contribution in [0, 0.1) is 20.8 Å². The Balaban J connectivity index is 1.62. The Kier molecular flexibility index (Phi) is 6.77. The Bertz CT molecular complexity index is 1560. The lowest BCUT2D eigenvalue weighted by Crippen LogP contribution is -2.43. The van der Waals surface area contributed by atoms with Crippen molar-refractivity contribution in [2.75, 3.05) is 17.2 Å². The molecule has 0 spiro atoms. The van der Waals surface area contributed by atoms with Crippen LogP contribution in [0.3, 0.4) is 0 Å². The van der Waals surface area contributed by atoms with Gasteiger partial charge in [-0.05, 0) is 50.8 Å². The minimum Gasteiger partial charge on any atom is -0.352 e. The van der Waals surface area contributed by atoms with Crippen molar-refractivity contribution in [3.63, 3.8) is 0 Å². The van der Waals surface area contributed by atoms with E-state index in [2.05, 4.69) is 80.7 Å². The van der Waals surface area contributed by atoms with Crippen LogP contribution < -0.4 is 10.2 Å². The molecule has 1 aromatic heterocycles. The first kappa shape index (κ1) is 25.4. The zero-order chi connectivity index (χ0) is 27.1. The number of hydrogen-bond donors (Lipinski definition) is 1. The van der Waals surface area contributed by atoms with Crippen LogP contribution >= 0.6 is 11.8 Å². The molecule has 1 aliphatic carbocycles. The number of nitrogens with one attached hydrogen (secondary N) is 1. The van der Waals surface area contributed by atoms with Crippen LogP contribution in [0.25, 0.3) is 16.9 Å². The van der Waals surface area contributed by atoms with E-state index in [9.17, 15) is 9.59 Å². The van der Waals surface area contributed by atoms with E-state index in [0.29, 0.717) is 5.82 Å². The molecule has 6 nitrogen and oxygen atoms in total. The molecule has 2 heterocycles. The molecule has 1 N–H and O–H groups in total. The van der Waals surface area contributed by atoms with Crippen molar-refractivity contribution in [2.24, 2.45) is 0 Å². The largest absolute Gasteiger partial charge is 0.352 e. The number of fused-ring (bicyclic) bond motifs is 1. The van der Waals surface area contributed by atoms with Crippen LogP contribution in [-0.2, 0) is 9.59 Å². The minimum atomic E-state index is -0.134. The Morgan fingerprint density at radius 3 is 2.46 bits per heavy atom. The molecule has 1 aliphatic heterocycles. The van der Waals surface area contributed by atoms with Crippen molar-refractivity contribution in [2.45, 2.75) is 44.9 Å². The van der Waals surface area contributed by atoms with Gasteiger partial charge in [0.15, 0.2) is 0 Å². The lowest BCUT2D eigenvalue weighted by Gasteiger charge is -2.24. The number of carbonyl (C=O) groups is 2. The summed E-state index contributed by atoms with van der Waals surface area (Å²) in [6, 6.07) is 25.1. The highest BCUT2D eigenvalue weighted by Crippen LogP contribution is 2.48. The van der Waals surface area contributed by atoms with Gasteiger partial charge in [0.05, 0.1) is 22.4 Å². The van der Waals surface area contributed by atoms with Gasteiger partial charge in [-0.1, -0.05) is 77.9 Å². The van der Waals surface area contributed by atoms with Crippen LogP contribution in [-0.4, -0.2) is 39.9 Å². The summed E-state index contributed by atoms with van der Waals surface area (Å²) in [5.74, 6) is 0.719. The third kappa shape index (κ3) is 5.11. The van der Waals surface area contributed by atoms with Gasteiger partial charge in [0.2, 0.25) is 11.8 Å². The van der Waals surface area contributed by atoms with Crippen LogP contribution in [0.2, 0.25) is 0 Å². The van der Waals surface area contributed by atoms with Crippen LogP contribution in [0.5, 0.6) is 0 Å². The lowest BCUT2D eigenvalue weighted by molar-refractivity contribution is -0.123. The maximum atomic E-state index is 13.8. The number of nitrogens with zero attached hydrogens (tertiary/aromatic N) is 3. The zero-order valence-electron chi connectivity index (χ0n) is 22.5. The summed E-state index contributed by atoms with van der Waals surface area (Å²) in [5, 5.41) is 8.15. The number of aromatic nitrogens is 2. The lowest BCUT2D eigenvalue weighted by atomic mass is 9.98. The van der Waals surface area contributed by atoms with E-state index in [-0.39, 0.29) is 35.4 Å². The molecule has 0 saturated heterocycles. The normalized spacial score (nSPS) is 17.1. The second-order valence-corrected chi connectivity index (χ2v) is 11.7. The first-order chi connectivity index (χ1) is 18.9. The van der Waals surface area contributed by atoms with E-state index in [4.69, 9.17) is 5.10 Å². The first-order valence-electron chi connectivity index (χ1n) is 13.4. The molecule has 39 heavy (non-hydrogen) atoms. The molecule has 3 aromatic carbocycles. The first-order valence-corrected chi connectivity index (χ1v) is 14.5. The summed E-state index contributed by atoms with van der Waals surface area (Å²) in [7, 11) is 0. The quantitative estimate of drug-likeness (QED) is 0.333. The third-order valence-corrected chi connectivity index (χ3v) is 8.56. The average molecular weight is 537 g/mol. The number of benzene rings is 3. The van der Waals surface area contributed by atoms with Gasteiger partial charge in [-0.2, -0.15) is 5.10 Å². The van der Waals surface area contributed by atoms with Crippen LogP contribution in [0.15, 0.2) is 72.8 Å². The standard InChI is InChI=1S/C32H32N4O2S/c1-20-8-7-11-24(17-20)31-29-30(23-9-5-4-6-10-23)34-36(26-15-12-21(2)16-22(26)3)32(29)35(28(38)19-39-31)18-27(37)33-25-13-14-25/h4-12,15-17,25,31H,13-14,18-19H2,1-3H3,(H,33,37)/t31-/m0/s1. The van der Waals surface area contributed by atoms with Crippen molar-refractivity contribution in [3.05, 3.63) is 101 Å².